The first-order valence-corrected chi connectivity index (χ1v) is 7.25. The van der Waals surface area contributed by atoms with E-state index in [1.807, 2.05) is 6.21 Å². The van der Waals surface area contributed by atoms with Gasteiger partial charge < -0.3 is 0 Å². The van der Waals surface area contributed by atoms with E-state index >= 15 is 0 Å². The molecule has 2 heteroatoms. The average molecular weight is 264 g/mol. The lowest BCUT2D eigenvalue weighted by Crippen LogP contribution is -2.13. The number of nitrogens with zero attached hydrogens (tertiary/aromatic N) is 1. The maximum absolute atomic E-state index is 6.25. The van der Waals surface area contributed by atoms with Gasteiger partial charge in [0.25, 0.3) is 0 Å². The van der Waals surface area contributed by atoms with Crippen LogP contribution in [0.3, 0.4) is 0 Å². The third-order valence-electron chi connectivity index (χ3n) is 4.07. The molecule has 1 aliphatic carbocycles. The Bertz CT molecular complexity index is 428. The summed E-state index contributed by atoms with van der Waals surface area (Å²) in [4.78, 5) is 4.48. The molecule has 0 radical (unpaired) electrons. The summed E-state index contributed by atoms with van der Waals surface area (Å²) < 4.78 is 0. The van der Waals surface area contributed by atoms with Gasteiger partial charge in [0.05, 0.1) is 0 Å². The molecule has 1 heterocycles. The highest BCUT2D eigenvalue weighted by molar-refractivity contribution is 6.21. The minimum Gasteiger partial charge on any atom is -0.273 e. The highest BCUT2D eigenvalue weighted by atomic mass is 35.5. The van der Waals surface area contributed by atoms with Crippen molar-refractivity contribution in [2.45, 2.75) is 45.5 Å². The molecule has 3 atom stereocenters. The third-order valence-corrected chi connectivity index (χ3v) is 4.61. The number of aliphatic imine (C=N–C) groups is 1. The smallest absolute Gasteiger partial charge is 0.126 e. The molecule has 98 valence electrons. The lowest BCUT2D eigenvalue weighted by atomic mass is 9.90. The van der Waals surface area contributed by atoms with E-state index in [2.05, 4.69) is 44.0 Å². The summed E-state index contributed by atoms with van der Waals surface area (Å²) in [5.74, 6) is 0.991. The zero-order chi connectivity index (χ0) is 13.1. The molecule has 0 aromatic rings. The first-order chi connectivity index (χ1) is 8.58. The highest BCUT2D eigenvalue weighted by Gasteiger charge is 2.17. The van der Waals surface area contributed by atoms with E-state index in [-0.39, 0.29) is 5.50 Å². The Labute approximate surface area is 115 Å². The molecule has 0 spiro atoms. The van der Waals surface area contributed by atoms with Crippen molar-refractivity contribution >= 4 is 17.8 Å². The van der Waals surface area contributed by atoms with Crippen LogP contribution in [0.25, 0.3) is 0 Å². The van der Waals surface area contributed by atoms with Gasteiger partial charge >= 0.3 is 0 Å². The summed E-state index contributed by atoms with van der Waals surface area (Å²) in [5, 5.41) is 0. The second-order valence-electron chi connectivity index (χ2n) is 5.52. The third kappa shape index (κ3) is 3.14. The van der Waals surface area contributed by atoms with Gasteiger partial charge in [-0.3, -0.25) is 4.99 Å². The van der Waals surface area contributed by atoms with Crippen molar-refractivity contribution in [3.05, 3.63) is 34.9 Å². The zero-order valence-corrected chi connectivity index (χ0v) is 12.2. The van der Waals surface area contributed by atoms with Crippen LogP contribution in [0, 0.1) is 11.8 Å². The van der Waals surface area contributed by atoms with E-state index in [4.69, 9.17) is 11.6 Å². The van der Waals surface area contributed by atoms with E-state index in [9.17, 15) is 0 Å². The van der Waals surface area contributed by atoms with Crippen molar-refractivity contribution in [1.29, 1.82) is 0 Å². The van der Waals surface area contributed by atoms with Crippen molar-refractivity contribution in [2.75, 3.05) is 0 Å². The Balaban J connectivity index is 2.32. The second kappa shape index (κ2) is 5.88. The van der Waals surface area contributed by atoms with Crippen LogP contribution in [-0.4, -0.2) is 11.7 Å². The van der Waals surface area contributed by atoms with Gasteiger partial charge in [0.2, 0.25) is 0 Å². The Kier molecular flexibility index (Phi) is 4.45. The van der Waals surface area contributed by atoms with E-state index in [1.54, 1.807) is 0 Å². The number of alkyl halides is 1. The Hall–Kier alpha value is -0.820. The molecule has 0 amide bonds. The molecule has 0 bridgehead atoms. The zero-order valence-electron chi connectivity index (χ0n) is 11.5. The van der Waals surface area contributed by atoms with Gasteiger partial charge in [-0.05, 0) is 49.2 Å². The molecule has 2 rings (SSSR count). The quantitative estimate of drug-likeness (QED) is 0.335. The fourth-order valence-corrected chi connectivity index (χ4v) is 2.50. The number of rotatable bonds is 0. The fraction of sp³-hybridized carbons (Fsp3) is 0.562. The van der Waals surface area contributed by atoms with Gasteiger partial charge in [-0.15, -0.1) is 0 Å². The topological polar surface area (TPSA) is 12.4 Å². The minimum absolute atomic E-state index is 0.0718. The summed E-state index contributed by atoms with van der Waals surface area (Å²) in [6, 6.07) is 0. The van der Waals surface area contributed by atoms with Gasteiger partial charge in [-0.25, -0.2) is 0 Å². The second-order valence-corrected chi connectivity index (χ2v) is 5.96. The predicted octanol–water partition coefficient (Wildman–Crippen LogP) is 4.89. The van der Waals surface area contributed by atoms with Crippen molar-refractivity contribution in [3.63, 3.8) is 0 Å². The SMILES string of the molecule is C/C1=C\CC2=C(/C=C\C1C)CC[C@H](C)C(Cl)N=C2. The molecule has 0 N–H and O–H groups in total. The van der Waals surface area contributed by atoms with Crippen LogP contribution in [0.4, 0.5) is 0 Å². The van der Waals surface area contributed by atoms with Crippen LogP contribution in [-0.2, 0) is 0 Å². The molecule has 0 aromatic heterocycles. The maximum atomic E-state index is 6.25. The van der Waals surface area contributed by atoms with Crippen LogP contribution < -0.4 is 0 Å². The predicted molar refractivity (Wildman–Crippen MR) is 80.2 cm³/mol. The van der Waals surface area contributed by atoms with Crippen LogP contribution in [0.15, 0.2) is 39.9 Å². The van der Waals surface area contributed by atoms with Gasteiger partial charge in [0.1, 0.15) is 5.50 Å². The van der Waals surface area contributed by atoms with Crippen molar-refractivity contribution in [3.8, 4) is 0 Å². The average Bonchev–Trinajstić information content (AvgIpc) is 2.35. The lowest BCUT2D eigenvalue weighted by molar-refractivity contribution is 0.511. The van der Waals surface area contributed by atoms with Crippen molar-refractivity contribution in [1.82, 2.24) is 0 Å². The fourth-order valence-electron chi connectivity index (χ4n) is 2.32. The van der Waals surface area contributed by atoms with E-state index < -0.39 is 0 Å². The van der Waals surface area contributed by atoms with E-state index in [1.165, 1.54) is 16.7 Å². The van der Waals surface area contributed by atoms with E-state index in [0.717, 1.165) is 19.3 Å². The Morgan fingerprint density at radius 2 is 2.06 bits per heavy atom. The standard InChI is InChI=1S/C16H22ClN/c1-11-4-7-14-8-6-13(3)16(17)18-10-15(14)9-5-12(11)2/h4-5,7,10-11,13,16H,6,8-9H2,1-3H3/b7-4-,12-5+,15-14?,18-10?/t11?,13-,16?/m0/s1. The van der Waals surface area contributed by atoms with Gasteiger partial charge in [-0.1, -0.05) is 49.2 Å². The summed E-state index contributed by atoms with van der Waals surface area (Å²) in [7, 11) is 0. The minimum atomic E-state index is -0.0718. The Morgan fingerprint density at radius 1 is 1.28 bits per heavy atom. The van der Waals surface area contributed by atoms with Crippen molar-refractivity contribution in [2.24, 2.45) is 16.8 Å². The maximum Gasteiger partial charge on any atom is 0.126 e. The number of halogens is 1. The molecule has 0 saturated heterocycles. The number of allylic oxidation sites excluding steroid dienone is 6. The Morgan fingerprint density at radius 3 is 2.83 bits per heavy atom. The normalized spacial score (nSPS) is 37.8. The molecule has 1 aliphatic heterocycles. The number of hydrogen-bond acceptors (Lipinski definition) is 1. The van der Waals surface area contributed by atoms with Gasteiger partial charge in [0.15, 0.2) is 0 Å². The summed E-state index contributed by atoms with van der Waals surface area (Å²) in [5.41, 5.74) is 4.13. The molecule has 2 unspecified atom stereocenters. The van der Waals surface area contributed by atoms with Gasteiger partial charge in [-0.2, -0.15) is 0 Å². The van der Waals surface area contributed by atoms with E-state index in [0.29, 0.717) is 11.8 Å². The number of hydrogen-bond donors (Lipinski definition) is 0. The summed E-state index contributed by atoms with van der Waals surface area (Å²) in [6.45, 7) is 6.63. The molecular weight excluding hydrogens is 242 g/mol. The van der Waals surface area contributed by atoms with Gasteiger partial charge in [0, 0.05) is 6.21 Å². The highest BCUT2D eigenvalue weighted by Crippen LogP contribution is 2.28. The monoisotopic (exact) mass is 263 g/mol. The first-order valence-electron chi connectivity index (χ1n) is 6.82. The van der Waals surface area contributed by atoms with Crippen LogP contribution in [0.5, 0.6) is 0 Å². The molecular formula is C16H22ClN. The van der Waals surface area contributed by atoms with Crippen LogP contribution >= 0.6 is 11.6 Å². The van der Waals surface area contributed by atoms with Crippen LogP contribution in [0.1, 0.15) is 40.0 Å². The van der Waals surface area contributed by atoms with Crippen molar-refractivity contribution < 1.29 is 0 Å². The summed E-state index contributed by atoms with van der Waals surface area (Å²) in [6.07, 6.45) is 12.1. The first kappa shape index (κ1) is 13.6. The molecule has 0 aromatic carbocycles. The molecule has 18 heavy (non-hydrogen) atoms. The summed E-state index contributed by atoms with van der Waals surface area (Å²) >= 11 is 6.25. The molecule has 2 aliphatic rings. The molecule has 1 nitrogen and oxygen atoms in total. The lowest BCUT2D eigenvalue weighted by Gasteiger charge is -2.21. The largest absolute Gasteiger partial charge is 0.273 e. The van der Waals surface area contributed by atoms with Crippen LogP contribution in [0.2, 0.25) is 0 Å². The molecule has 0 saturated carbocycles. The molecule has 0 fully saturated rings.